The van der Waals surface area contributed by atoms with E-state index < -0.39 is 0 Å². The molecule has 0 spiro atoms. The molecule has 6 heteroatoms. The van der Waals surface area contributed by atoms with Gasteiger partial charge in [0.15, 0.2) is 0 Å². The van der Waals surface area contributed by atoms with E-state index in [4.69, 9.17) is 0 Å². The minimum absolute atomic E-state index is 0.124. The average molecular weight is 313 g/mol. The number of hydrogen-bond donors (Lipinski definition) is 0. The van der Waals surface area contributed by atoms with Crippen LogP contribution in [0.1, 0.15) is 23.2 Å². The van der Waals surface area contributed by atoms with Gasteiger partial charge in [0.1, 0.15) is 0 Å². The van der Waals surface area contributed by atoms with E-state index in [1.807, 2.05) is 59.0 Å². The summed E-state index contributed by atoms with van der Waals surface area (Å²) in [6.45, 7) is 2.44. The van der Waals surface area contributed by atoms with Crippen molar-refractivity contribution in [3.8, 4) is 0 Å². The maximum atomic E-state index is 12.7. The molecule has 0 bridgehead atoms. The van der Waals surface area contributed by atoms with Gasteiger partial charge in [-0.1, -0.05) is 5.21 Å². The summed E-state index contributed by atoms with van der Waals surface area (Å²) < 4.78 is 1.85. The quantitative estimate of drug-likeness (QED) is 0.865. The summed E-state index contributed by atoms with van der Waals surface area (Å²) in [7, 11) is 3.99. The first kappa shape index (κ1) is 15.5. The lowest BCUT2D eigenvalue weighted by Crippen LogP contribution is -2.41. The van der Waals surface area contributed by atoms with E-state index in [9.17, 15) is 4.79 Å². The van der Waals surface area contributed by atoms with Crippen LogP contribution in [0.2, 0.25) is 0 Å². The van der Waals surface area contributed by atoms with Crippen molar-refractivity contribution in [2.75, 3.05) is 32.1 Å². The fraction of sp³-hybridized carbons (Fsp3) is 0.471. The van der Waals surface area contributed by atoms with Crippen LogP contribution in [-0.2, 0) is 6.54 Å². The van der Waals surface area contributed by atoms with Crippen molar-refractivity contribution in [2.45, 2.75) is 19.4 Å². The van der Waals surface area contributed by atoms with Crippen molar-refractivity contribution >= 4 is 11.6 Å². The number of aromatic nitrogens is 3. The van der Waals surface area contributed by atoms with Crippen molar-refractivity contribution in [1.82, 2.24) is 19.9 Å². The van der Waals surface area contributed by atoms with E-state index in [0.717, 1.165) is 43.7 Å². The summed E-state index contributed by atoms with van der Waals surface area (Å²) in [6.07, 6.45) is 5.74. The molecule has 1 aromatic heterocycles. The summed E-state index contributed by atoms with van der Waals surface area (Å²) in [4.78, 5) is 16.7. The van der Waals surface area contributed by atoms with Crippen LogP contribution in [0.3, 0.4) is 0 Å². The molecule has 1 amide bonds. The van der Waals surface area contributed by atoms with Gasteiger partial charge in [0.25, 0.3) is 5.91 Å². The minimum atomic E-state index is 0.124. The Balaban J connectivity index is 1.64. The maximum Gasteiger partial charge on any atom is 0.253 e. The highest BCUT2D eigenvalue weighted by Gasteiger charge is 2.24. The van der Waals surface area contributed by atoms with Crippen molar-refractivity contribution < 1.29 is 4.79 Å². The standard InChI is InChI=1S/C17H23N5O/c1-20(2)16-7-5-15(6-8-16)17(23)21-10-3-4-14(12-21)13-22-11-9-18-19-22/h5-9,11,14H,3-4,10,12-13H2,1-2H3/t14-/m1/s1. The smallest absolute Gasteiger partial charge is 0.253 e. The van der Waals surface area contributed by atoms with Crippen molar-refractivity contribution in [2.24, 2.45) is 5.92 Å². The second kappa shape index (κ2) is 6.81. The lowest BCUT2D eigenvalue weighted by Gasteiger charge is -2.32. The normalized spacial score (nSPS) is 18.0. The van der Waals surface area contributed by atoms with Gasteiger partial charge in [0.2, 0.25) is 0 Å². The fourth-order valence-corrected chi connectivity index (χ4v) is 3.08. The predicted octanol–water partition coefficient (Wildman–Crippen LogP) is 1.90. The Morgan fingerprint density at radius 2 is 2.09 bits per heavy atom. The van der Waals surface area contributed by atoms with E-state index in [2.05, 4.69) is 10.3 Å². The fourth-order valence-electron chi connectivity index (χ4n) is 3.08. The van der Waals surface area contributed by atoms with Crippen LogP contribution >= 0.6 is 0 Å². The largest absolute Gasteiger partial charge is 0.378 e. The van der Waals surface area contributed by atoms with Crippen LogP contribution < -0.4 is 4.90 Å². The Kier molecular flexibility index (Phi) is 4.60. The third-order valence-electron chi connectivity index (χ3n) is 4.35. The van der Waals surface area contributed by atoms with E-state index >= 15 is 0 Å². The SMILES string of the molecule is CN(C)c1ccc(C(=O)N2CCC[C@@H](Cn3ccnn3)C2)cc1. The number of carbonyl (C=O) groups excluding carboxylic acids is 1. The molecule has 0 N–H and O–H groups in total. The van der Waals surface area contributed by atoms with Gasteiger partial charge in [-0.05, 0) is 43.0 Å². The Hall–Kier alpha value is -2.37. The van der Waals surface area contributed by atoms with E-state index in [0.29, 0.717) is 5.92 Å². The van der Waals surface area contributed by atoms with Gasteiger partial charge >= 0.3 is 0 Å². The number of likely N-dealkylation sites (tertiary alicyclic amines) is 1. The van der Waals surface area contributed by atoms with E-state index in [1.54, 1.807) is 6.20 Å². The molecule has 0 saturated carbocycles. The van der Waals surface area contributed by atoms with Crippen LogP contribution in [0.5, 0.6) is 0 Å². The molecule has 1 saturated heterocycles. The highest BCUT2D eigenvalue weighted by Crippen LogP contribution is 2.21. The third kappa shape index (κ3) is 3.70. The number of amides is 1. The second-order valence-electron chi connectivity index (χ2n) is 6.33. The molecule has 1 aromatic carbocycles. The molecule has 1 aliphatic rings. The minimum Gasteiger partial charge on any atom is -0.378 e. The van der Waals surface area contributed by atoms with Gasteiger partial charge in [0, 0.05) is 51.2 Å². The Labute approximate surface area is 136 Å². The number of carbonyl (C=O) groups is 1. The van der Waals surface area contributed by atoms with E-state index in [-0.39, 0.29) is 5.91 Å². The van der Waals surface area contributed by atoms with Crippen LogP contribution in [0, 0.1) is 5.92 Å². The molecule has 3 rings (SSSR count). The molecule has 23 heavy (non-hydrogen) atoms. The molecular formula is C17H23N5O. The Bertz CT molecular complexity index is 636. The molecule has 2 heterocycles. The molecule has 1 fully saturated rings. The van der Waals surface area contributed by atoms with Crippen molar-refractivity contribution in [3.63, 3.8) is 0 Å². The van der Waals surface area contributed by atoms with Crippen LogP contribution in [-0.4, -0.2) is 53.0 Å². The van der Waals surface area contributed by atoms with Crippen molar-refractivity contribution in [3.05, 3.63) is 42.2 Å². The van der Waals surface area contributed by atoms with Gasteiger partial charge in [-0.15, -0.1) is 5.10 Å². The first-order valence-electron chi connectivity index (χ1n) is 8.04. The summed E-state index contributed by atoms with van der Waals surface area (Å²) in [5.41, 5.74) is 1.86. The van der Waals surface area contributed by atoms with Crippen molar-refractivity contribution in [1.29, 1.82) is 0 Å². The molecule has 0 unspecified atom stereocenters. The monoisotopic (exact) mass is 313 g/mol. The zero-order valence-corrected chi connectivity index (χ0v) is 13.7. The van der Waals surface area contributed by atoms with Crippen LogP contribution in [0.25, 0.3) is 0 Å². The van der Waals surface area contributed by atoms with Gasteiger partial charge in [-0.3, -0.25) is 9.48 Å². The number of rotatable bonds is 4. The molecule has 122 valence electrons. The number of nitrogens with zero attached hydrogens (tertiary/aromatic N) is 5. The Morgan fingerprint density at radius 1 is 1.30 bits per heavy atom. The highest BCUT2D eigenvalue weighted by molar-refractivity contribution is 5.94. The van der Waals surface area contributed by atoms with Gasteiger partial charge in [0.05, 0.1) is 6.20 Å². The number of piperidine rings is 1. The maximum absolute atomic E-state index is 12.7. The molecular weight excluding hydrogens is 290 g/mol. The van der Waals surface area contributed by atoms with Gasteiger partial charge in [-0.25, -0.2) is 0 Å². The molecule has 1 aliphatic heterocycles. The van der Waals surface area contributed by atoms with Gasteiger partial charge in [-0.2, -0.15) is 0 Å². The molecule has 6 nitrogen and oxygen atoms in total. The summed E-state index contributed by atoms with van der Waals surface area (Å²) in [5, 5.41) is 7.86. The predicted molar refractivity (Wildman–Crippen MR) is 89.4 cm³/mol. The highest BCUT2D eigenvalue weighted by atomic mass is 16.2. The zero-order valence-electron chi connectivity index (χ0n) is 13.7. The first-order valence-corrected chi connectivity index (χ1v) is 8.04. The topological polar surface area (TPSA) is 54.3 Å². The van der Waals surface area contributed by atoms with Gasteiger partial charge < -0.3 is 9.80 Å². The number of hydrogen-bond acceptors (Lipinski definition) is 4. The lowest BCUT2D eigenvalue weighted by molar-refractivity contribution is 0.0659. The summed E-state index contributed by atoms with van der Waals surface area (Å²) in [6, 6.07) is 7.81. The molecule has 0 aliphatic carbocycles. The average Bonchev–Trinajstić information content (AvgIpc) is 3.07. The molecule has 0 radical (unpaired) electrons. The molecule has 2 aromatic rings. The first-order chi connectivity index (χ1) is 11.1. The summed E-state index contributed by atoms with van der Waals surface area (Å²) >= 11 is 0. The van der Waals surface area contributed by atoms with Crippen LogP contribution in [0.15, 0.2) is 36.7 Å². The Morgan fingerprint density at radius 3 is 2.74 bits per heavy atom. The summed E-state index contributed by atoms with van der Waals surface area (Å²) in [5.74, 6) is 0.564. The number of anilines is 1. The lowest BCUT2D eigenvalue weighted by atomic mass is 9.97. The molecule has 1 atom stereocenters. The number of benzene rings is 1. The van der Waals surface area contributed by atoms with Crippen LogP contribution in [0.4, 0.5) is 5.69 Å². The van der Waals surface area contributed by atoms with E-state index in [1.165, 1.54) is 0 Å². The zero-order chi connectivity index (χ0) is 16.2. The third-order valence-corrected chi connectivity index (χ3v) is 4.35. The second-order valence-corrected chi connectivity index (χ2v) is 6.33.